The van der Waals surface area contributed by atoms with Crippen LogP contribution in [0.3, 0.4) is 0 Å². The summed E-state index contributed by atoms with van der Waals surface area (Å²) in [5.74, 6) is 0.147. The quantitative estimate of drug-likeness (QED) is 0.550. The zero-order chi connectivity index (χ0) is 18.9. The number of benzene rings is 3. The van der Waals surface area contributed by atoms with Crippen molar-refractivity contribution in [3.8, 4) is 11.5 Å². The number of hydrogen-bond donors (Lipinski definition) is 1. The number of aromatic nitrogens is 2. The lowest BCUT2D eigenvalue weighted by atomic mass is 9.90. The summed E-state index contributed by atoms with van der Waals surface area (Å²) >= 11 is 0. The molecular weight excluding hydrogens is 350 g/mol. The number of carbonyl (C=O) groups excluding carboxylic acids is 1. The number of hydrogen-bond acceptors (Lipinski definition) is 4. The van der Waals surface area contributed by atoms with Crippen molar-refractivity contribution in [1.82, 2.24) is 10.2 Å². The molecule has 0 saturated carbocycles. The van der Waals surface area contributed by atoms with Crippen LogP contribution in [0, 0.1) is 0 Å². The van der Waals surface area contributed by atoms with Crippen molar-refractivity contribution < 1.29 is 9.21 Å². The van der Waals surface area contributed by atoms with Gasteiger partial charge in [-0.1, -0.05) is 41.5 Å². The molecule has 5 nitrogen and oxygen atoms in total. The minimum Gasteiger partial charge on any atom is -0.403 e. The molecule has 0 atom stereocenters. The Morgan fingerprint density at radius 2 is 1.68 bits per heavy atom. The van der Waals surface area contributed by atoms with E-state index in [0.717, 1.165) is 29.2 Å². The van der Waals surface area contributed by atoms with Gasteiger partial charge in [-0.2, -0.15) is 0 Å². The second-order valence-electron chi connectivity index (χ2n) is 7.12. The van der Waals surface area contributed by atoms with Crippen LogP contribution in [0.2, 0.25) is 0 Å². The van der Waals surface area contributed by atoms with Gasteiger partial charge in [-0.25, -0.2) is 0 Å². The standard InChI is InChI=1S/C23H19N3O2/c27-21(19-11-9-15-5-1-3-7-17(15)13-19)24-23-26-25-22(28-23)20-12-10-16-6-2-4-8-18(16)14-20/h1,3,5,7,9-14H,2,4,6,8H2,(H,24,26,27). The highest BCUT2D eigenvalue weighted by molar-refractivity contribution is 6.05. The highest BCUT2D eigenvalue weighted by Crippen LogP contribution is 2.27. The zero-order valence-electron chi connectivity index (χ0n) is 15.3. The summed E-state index contributed by atoms with van der Waals surface area (Å²) in [6.45, 7) is 0. The molecule has 0 saturated heterocycles. The molecule has 1 aliphatic carbocycles. The summed E-state index contributed by atoms with van der Waals surface area (Å²) in [4.78, 5) is 12.6. The van der Waals surface area contributed by atoms with E-state index in [9.17, 15) is 4.79 Å². The monoisotopic (exact) mass is 369 g/mol. The lowest BCUT2D eigenvalue weighted by Gasteiger charge is -2.15. The molecule has 4 aromatic rings. The van der Waals surface area contributed by atoms with E-state index >= 15 is 0 Å². The second-order valence-corrected chi connectivity index (χ2v) is 7.12. The molecule has 1 heterocycles. The molecule has 1 N–H and O–H groups in total. The third-order valence-electron chi connectivity index (χ3n) is 5.25. The number of anilines is 1. The van der Waals surface area contributed by atoms with Crippen molar-refractivity contribution in [2.75, 3.05) is 5.32 Å². The van der Waals surface area contributed by atoms with Crippen molar-refractivity contribution in [2.24, 2.45) is 0 Å². The highest BCUT2D eigenvalue weighted by Gasteiger charge is 2.15. The van der Waals surface area contributed by atoms with Crippen LogP contribution in [0.1, 0.15) is 34.3 Å². The Bertz CT molecular complexity index is 1180. The lowest BCUT2D eigenvalue weighted by molar-refractivity contribution is 0.102. The maximum absolute atomic E-state index is 12.6. The smallest absolute Gasteiger partial charge is 0.322 e. The van der Waals surface area contributed by atoms with Crippen LogP contribution in [-0.2, 0) is 12.8 Å². The first-order valence-corrected chi connectivity index (χ1v) is 9.52. The first-order valence-electron chi connectivity index (χ1n) is 9.52. The average Bonchev–Trinajstić information content (AvgIpc) is 3.21. The van der Waals surface area contributed by atoms with Crippen molar-refractivity contribution in [3.63, 3.8) is 0 Å². The SMILES string of the molecule is O=C(Nc1nnc(-c2ccc3c(c2)CCCC3)o1)c1ccc2ccccc2c1. The molecule has 0 aliphatic heterocycles. The summed E-state index contributed by atoms with van der Waals surface area (Å²) in [6.07, 6.45) is 4.68. The third-order valence-corrected chi connectivity index (χ3v) is 5.25. The van der Waals surface area contributed by atoms with Crippen LogP contribution in [0.5, 0.6) is 0 Å². The Morgan fingerprint density at radius 1 is 0.857 bits per heavy atom. The van der Waals surface area contributed by atoms with Gasteiger partial charge in [0.15, 0.2) is 0 Å². The fourth-order valence-electron chi connectivity index (χ4n) is 3.76. The first-order chi connectivity index (χ1) is 13.8. The van der Waals surface area contributed by atoms with Gasteiger partial charge < -0.3 is 4.42 Å². The van der Waals surface area contributed by atoms with Crippen LogP contribution in [0.4, 0.5) is 6.01 Å². The molecule has 28 heavy (non-hydrogen) atoms. The molecule has 138 valence electrons. The summed E-state index contributed by atoms with van der Waals surface area (Å²) in [5, 5.41) is 12.9. The minimum absolute atomic E-state index is 0.103. The predicted molar refractivity (Wildman–Crippen MR) is 108 cm³/mol. The predicted octanol–water partition coefficient (Wildman–Crippen LogP) is 5.02. The van der Waals surface area contributed by atoms with Gasteiger partial charge >= 0.3 is 6.01 Å². The molecule has 0 fully saturated rings. The summed E-state index contributed by atoms with van der Waals surface area (Å²) in [6, 6.07) is 19.9. The number of fused-ring (bicyclic) bond motifs is 2. The van der Waals surface area contributed by atoms with Crippen LogP contribution in [0.25, 0.3) is 22.2 Å². The van der Waals surface area contributed by atoms with Gasteiger partial charge in [-0.15, -0.1) is 5.10 Å². The van der Waals surface area contributed by atoms with Gasteiger partial charge in [0, 0.05) is 11.1 Å². The summed E-state index contributed by atoms with van der Waals surface area (Å²) in [7, 11) is 0. The normalized spacial score (nSPS) is 13.3. The number of amides is 1. The maximum Gasteiger partial charge on any atom is 0.322 e. The highest BCUT2D eigenvalue weighted by atomic mass is 16.4. The first kappa shape index (κ1) is 16.7. The largest absolute Gasteiger partial charge is 0.403 e. The van der Waals surface area contributed by atoms with Crippen molar-refractivity contribution >= 4 is 22.7 Å². The molecular formula is C23H19N3O2. The van der Waals surface area contributed by atoms with Gasteiger partial charge in [-0.05, 0) is 71.8 Å². The van der Waals surface area contributed by atoms with E-state index in [1.807, 2.05) is 42.5 Å². The molecule has 1 aliphatic rings. The van der Waals surface area contributed by atoms with Gasteiger partial charge in [0.05, 0.1) is 0 Å². The Balaban J connectivity index is 1.36. The van der Waals surface area contributed by atoms with Crippen molar-refractivity contribution in [3.05, 3.63) is 77.4 Å². The Labute approximate surface area is 162 Å². The molecule has 5 heteroatoms. The second kappa shape index (κ2) is 6.93. The topological polar surface area (TPSA) is 68.0 Å². The molecule has 5 rings (SSSR count). The Kier molecular flexibility index (Phi) is 4.13. The molecule has 3 aromatic carbocycles. The molecule has 0 spiro atoms. The third kappa shape index (κ3) is 3.16. The van der Waals surface area contributed by atoms with Crippen LogP contribution in [0.15, 0.2) is 65.1 Å². The fraction of sp³-hybridized carbons (Fsp3) is 0.174. The average molecular weight is 369 g/mol. The number of nitrogens with one attached hydrogen (secondary N) is 1. The van der Waals surface area contributed by atoms with E-state index in [1.165, 1.54) is 24.0 Å². The Hall–Kier alpha value is -3.47. The number of aryl methyl sites for hydroxylation is 2. The van der Waals surface area contributed by atoms with E-state index in [0.29, 0.717) is 11.5 Å². The fourth-order valence-corrected chi connectivity index (χ4v) is 3.76. The molecule has 0 bridgehead atoms. The van der Waals surface area contributed by atoms with E-state index in [1.54, 1.807) is 6.07 Å². The van der Waals surface area contributed by atoms with Gasteiger partial charge in [0.25, 0.3) is 5.91 Å². The zero-order valence-corrected chi connectivity index (χ0v) is 15.3. The van der Waals surface area contributed by atoms with Crippen molar-refractivity contribution in [1.29, 1.82) is 0 Å². The van der Waals surface area contributed by atoms with Gasteiger partial charge in [0.2, 0.25) is 5.89 Å². The molecule has 0 radical (unpaired) electrons. The number of rotatable bonds is 3. The van der Waals surface area contributed by atoms with Gasteiger partial charge in [0.1, 0.15) is 0 Å². The number of carbonyl (C=O) groups is 1. The summed E-state index contributed by atoms with van der Waals surface area (Å²) < 4.78 is 5.69. The van der Waals surface area contributed by atoms with Crippen LogP contribution < -0.4 is 5.32 Å². The molecule has 1 amide bonds. The Morgan fingerprint density at radius 3 is 2.57 bits per heavy atom. The summed E-state index contributed by atoms with van der Waals surface area (Å²) in [5.41, 5.74) is 4.19. The molecule has 1 aromatic heterocycles. The molecule has 0 unspecified atom stereocenters. The van der Waals surface area contributed by atoms with E-state index in [4.69, 9.17) is 4.42 Å². The number of nitrogens with zero attached hydrogens (tertiary/aromatic N) is 2. The van der Waals surface area contributed by atoms with Crippen LogP contribution in [-0.4, -0.2) is 16.1 Å². The van der Waals surface area contributed by atoms with Crippen molar-refractivity contribution in [2.45, 2.75) is 25.7 Å². The maximum atomic E-state index is 12.6. The van der Waals surface area contributed by atoms with Gasteiger partial charge in [-0.3, -0.25) is 10.1 Å². The van der Waals surface area contributed by atoms with Crippen LogP contribution >= 0.6 is 0 Å². The minimum atomic E-state index is -0.272. The van der Waals surface area contributed by atoms with E-state index in [-0.39, 0.29) is 11.9 Å². The van der Waals surface area contributed by atoms with E-state index in [2.05, 4.69) is 27.6 Å². The van der Waals surface area contributed by atoms with E-state index < -0.39 is 0 Å². The lowest BCUT2D eigenvalue weighted by Crippen LogP contribution is -2.12.